The molecule has 164 valence electrons. The molecule has 0 saturated heterocycles. The van der Waals surface area contributed by atoms with E-state index >= 15 is 0 Å². The van der Waals surface area contributed by atoms with Gasteiger partial charge in [0.25, 0.3) is 0 Å². The molecular formula is C22H33FN6S. The summed E-state index contributed by atoms with van der Waals surface area (Å²) in [5.74, 6) is 1.70. The van der Waals surface area contributed by atoms with Crippen LogP contribution in [0.15, 0.2) is 28.3 Å². The molecule has 1 heterocycles. The summed E-state index contributed by atoms with van der Waals surface area (Å²) in [5.41, 5.74) is 2.13. The number of nitrogens with zero attached hydrogens (tertiary/aromatic N) is 4. The van der Waals surface area contributed by atoms with Gasteiger partial charge in [-0.25, -0.2) is 4.39 Å². The molecule has 0 aliphatic heterocycles. The fourth-order valence-corrected chi connectivity index (χ4v) is 4.65. The average Bonchev–Trinajstić information content (AvgIpc) is 3.40. The summed E-state index contributed by atoms with van der Waals surface area (Å²) in [6.45, 7) is 3.51. The third-order valence-electron chi connectivity index (χ3n) is 5.69. The predicted molar refractivity (Wildman–Crippen MR) is 122 cm³/mol. The van der Waals surface area contributed by atoms with Gasteiger partial charge in [0.05, 0.1) is 0 Å². The number of hydrogen-bond donors (Lipinski definition) is 2. The molecular weight excluding hydrogens is 399 g/mol. The molecule has 1 aliphatic carbocycles. The molecule has 8 heteroatoms. The lowest BCUT2D eigenvalue weighted by molar-refractivity contribution is 0.460. The van der Waals surface area contributed by atoms with Crippen LogP contribution in [0, 0.1) is 12.7 Å². The maximum atomic E-state index is 13.2. The second kappa shape index (κ2) is 11.3. The number of benzene rings is 1. The zero-order chi connectivity index (χ0) is 21.3. The molecule has 0 atom stereocenters. The topological polar surface area (TPSA) is 67.1 Å². The number of thioether (sulfide) groups is 1. The van der Waals surface area contributed by atoms with E-state index in [0.29, 0.717) is 6.04 Å². The van der Waals surface area contributed by atoms with Crippen molar-refractivity contribution in [2.45, 2.75) is 63.1 Å². The number of halogens is 1. The Morgan fingerprint density at radius 1 is 1.20 bits per heavy atom. The van der Waals surface area contributed by atoms with Gasteiger partial charge in [0, 0.05) is 32.6 Å². The molecule has 0 bridgehead atoms. The summed E-state index contributed by atoms with van der Waals surface area (Å²) in [7, 11) is 1.78. The minimum absolute atomic E-state index is 0.185. The van der Waals surface area contributed by atoms with Gasteiger partial charge in [-0.3, -0.25) is 4.99 Å². The van der Waals surface area contributed by atoms with E-state index in [1.807, 2.05) is 13.0 Å². The van der Waals surface area contributed by atoms with E-state index in [9.17, 15) is 4.39 Å². The fourth-order valence-electron chi connectivity index (χ4n) is 4.08. The van der Waals surface area contributed by atoms with Crippen LogP contribution >= 0.6 is 11.8 Å². The van der Waals surface area contributed by atoms with Crippen molar-refractivity contribution in [1.82, 2.24) is 25.4 Å². The van der Waals surface area contributed by atoms with E-state index in [4.69, 9.17) is 0 Å². The summed E-state index contributed by atoms with van der Waals surface area (Å²) < 4.78 is 15.6. The Kier molecular flexibility index (Phi) is 8.54. The third kappa shape index (κ3) is 5.97. The summed E-state index contributed by atoms with van der Waals surface area (Å²) in [6, 6.07) is 5.51. The Morgan fingerprint density at radius 3 is 2.67 bits per heavy atom. The lowest BCUT2D eigenvalue weighted by Gasteiger charge is -2.16. The van der Waals surface area contributed by atoms with Gasteiger partial charge in [0.1, 0.15) is 11.6 Å². The van der Waals surface area contributed by atoms with Crippen LogP contribution in [0.3, 0.4) is 0 Å². The first-order chi connectivity index (χ1) is 14.6. The number of hydrogen-bond acceptors (Lipinski definition) is 4. The van der Waals surface area contributed by atoms with Crippen LogP contribution in [-0.2, 0) is 12.8 Å². The second-order valence-corrected chi connectivity index (χ2v) is 8.53. The molecule has 1 saturated carbocycles. The van der Waals surface area contributed by atoms with Crippen LogP contribution in [0.2, 0.25) is 0 Å². The Morgan fingerprint density at radius 2 is 1.97 bits per heavy atom. The van der Waals surface area contributed by atoms with Crippen LogP contribution in [0.4, 0.5) is 4.39 Å². The molecule has 0 spiro atoms. The van der Waals surface area contributed by atoms with Crippen molar-refractivity contribution in [2.75, 3.05) is 26.4 Å². The van der Waals surface area contributed by atoms with E-state index in [-0.39, 0.29) is 5.82 Å². The van der Waals surface area contributed by atoms with Crippen molar-refractivity contribution in [2.24, 2.45) is 4.99 Å². The summed E-state index contributed by atoms with van der Waals surface area (Å²) in [6.07, 6.45) is 9.86. The van der Waals surface area contributed by atoms with Crippen LogP contribution in [0.1, 0.15) is 55.1 Å². The summed E-state index contributed by atoms with van der Waals surface area (Å²) in [5, 5.41) is 16.6. The van der Waals surface area contributed by atoms with Crippen LogP contribution in [0.25, 0.3) is 0 Å². The van der Waals surface area contributed by atoms with Crippen molar-refractivity contribution < 1.29 is 4.39 Å². The Balaban J connectivity index is 1.42. The van der Waals surface area contributed by atoms with E-state index in [0.717, 1.165) is 60.4 Å². The largest absolute Gasteiger partial charge is 0.356 e. The van der Waals surface area contributed by atoms with Crippen LogP contribution in [0.5, 0.6) is 0 Å². The number of guanidine groups is 1. The number of aromatic nitrogens is 3. The summed E-state index contributed by atoms with van der Waals surface area (Å²) >= 11 is 1.68. The van der Waals surface area contributed by atoms with E-state index < -0.39 is 0 Å². The van der Waals surface area contributed by atoms with Crippen molar-refractivity contribution in [3.05, 3.63) is 41.0 Å². The quantitative estimate of drug-likeness (QED) is 0.272. The van der Waals surface area contributed by atoms with Crippen molar-refractivity contribution >= 4 is 17.7 Å². The number of aliphatic imine (C=N–C) groups is 1. The first-order valence-corrected chi connectivity index (χ1v) is 12.0. The number of rotatable bonds is 9. The van der Waals surface area contributed by atoms with Crippen molar-refractivity contribution in [3.63, 3.8) is 0 Å². The normalized spacial score (nSPS) is 15.0. The second-order valence-electron chi connectivity index (χ2n) is 7.76. The van der Waals surface area contributed by atoms with Crippen LogP contribution in [-0.4, -0.2) is 47.1 Å². The standard InChI is InChI=1S/C22H33FN6S/c1-16-15-18(23)11-10-17(16)12-14-26-21(24-2)25-13-6-9-20-27-28-22(30-3)29(20)19-7-4-5-8-19/h10-11,15,19H,4-9,12-14H2,1-3H3,(H2,24,25,26). The van der Waals surface area contributed by atoms with Gasteiger partial charge in [-0.1, -0.05) is 30.7 Å². The average molecular weight is 433 g/mol. The Labute approximate surface area is 183 Å². The number of nitrogens with one attached hydrogen (secondary N) is 2. The molecule has 0 unspecified atom stereocenters. The molecule has 3 rings (SSSR count). The first kappa shape index (κ1) is 22.6. The molecule has 1 aromatic carbocycles. The molecule has 1 fully saturated rings. The zero-order valence-electron chi connectivity index (χ0n) is 18.2. The van der Waals surface area contributed by atoms with Gasteiger partial charge >= 0.3 is 0 Å². The lowest BCUT2D eigenvalue weighted by atomic mass is 10.1. The molecule has 2 aromatic rings. The van der Waals surface area contributed by atoms with Crippen molar-refractivity contribution in [3.8, 4) is 0 Å². The fraction of sp³-hybridized carbons (Fsp3) is 0.591. The highest BCUT2D eigenvalue weighted by atomic mass is 32.2. The molecule has 30 heavy (non-hydrogen) atoms. The smallest absolute Gasteiger partial charge is 0.191 e. The highest BCUT2D eigenvalue weighted by molar-refractivity contribution is 7.98. The molecule has 1 aliphatic rings. The highest BCUT2D eigenvalue weighted by Gasteiger charge is 2.23. The predicted octanol–water partition coefficient (Wildman–Crippen LogP) is 3.90. The maximum Gasteiger partial charge on any atom is 0.191 e. The Bertz CT molecular complexity index is 844. The van der Waals surface area contributed by atoms with Crippen molar-refractivity contribution in [1.29, 1.82) is 0 Å². The van der Waals surface area contributed by atoms with E-state index in [1.165, 1.54) is 31.7 Å². The minimum atomic E-state index is -0.185. The molecule has 2 N–H and O–H groups in total. The van der Waals surface area contributed by atoms with Gasteiger partial charge in [-0.2, -0.15) is 0 Å². The molecule has 6 nitrogen and oxygen atoms in total. The SMILES string of the molecule is CN=C(NCCCc1nnc(SC)n1C1CCCC1)NCCc1ccc(F)cc1C. The molecule has 0 radical (unpaired) electrons. The van der Waals surface area contributed by atoms with Crippen LogP contribution < -0.4 is 10.6 Å². The third-order valence-corrected chi connectivity index (χ3v) is 6.34. The van der Waals surface area contributed by atoms with Gasteiger partial charge in [0.2, 0.25) is 0 Å². The number of aryl methyl sites for hydroxylation is 2. The van der Waals surface area contributed by atoms with E-state index in [2.05, 4.69) is 36.6 Å². The highest BCUT2D eigenvalue weighted by Crippen LogP contribution is 2.33. The molecule has 1 aromatic heterocycles. The summed E-state index contributed by atoms with van der Waals surface area (Å²) in [4.78, 5) is 4.30. The molecule has 0 amide bonds. The maximum absolute atomic E-state index is 13.2. The minimum Gasteiger partial charge on any atom is -0.356 e. The van der Waals surface area contributed by atoms with Gasteiger partial charge < -0.3 is 15.2 Å². The zero-order valence-corrected chi connectivity index (χ0v) is 19.1. The van der Waals surface area contributed by atoms with Gasteiger partial charge in [-0.05, 0) is 62.1 Å². The lowest BCUT2D eigenvalue weighted by Crippen LogP contribution is -2.39. The Hall–Kier alpha value is -2.09. The van der Waals surface area contributed by atoms with Gasteiger partial charge in [0.15, 0.2) is 11.1 Å². The first-order valence-electron chi connectivity index (χ1n) is 10.8. The monoisotopic (exact) mass is 432 g/mol. The van der Waals surface area contributed by atoms with E-state index in [1.54, 1.807) is 24.9 Å². The van der Waals surface area contributed by atoms with Gasteiger partial charge in [-0.15, -0.1) is 10.2 Å².